The summed E-state index contributed by atoms with van der Waals surface area (Å²) in [7, 11) is 4.21. The summed E-state index contributed by atoms with van der Waals surface area (Å²) >= 11 is 0. The fraction of sp³-hybridized carbons (Fsp3) is 0.182. The Kier molecular flexibility index (Phi) is 5.93. The number of methoxy groups -OCH3 is 3. The second-order valence-electron chi connectivity index (χ2n) is 6.35. The van der Waals surface area contributed by atoms with Crippen molar-refractivity contribution in [3.05, 3.63) is 77.0 Å². The van der Waals surface area contributed by atoms with Crippen molar-refractivity contribution in [2.24, 2.45) is 5.73 Å². The number of nitrogens with zero attached hydrogens (tertiary/aromatic N) is 2. The molecular formula is C22H20FN3O4. The van der Waals surface area contributed by atoms with Crippen molar-refractivity contribution < 1.29 is 23.4 Å². The van der Waals surface area contributed by atoms with Gasteiger partial charge in [-0.1, -0.05) is 18.2 Å². The Bertz CT molecular complexity index is 1090. The van der Waals surface area contributed by atoms with Crippen LogP contribution >= 0.6 is 0 Å². The Morgan fingerprint density at radius 3 is 2.50 bits per heavy atom. The largest absolute Gasteiger partial charge is 0.497 e. The van der Waals surface area contributed by atoms with Crippen molar-refractivity contribution >= 4 is 11.7 Å². The average molecular weight is 409 g/mol. The fourth-order valence-corrected chi connectivity index (χ4v) is 3.34. The van der Waals surface area contributed by atoms with E-state index in [4.69, 9.17) is 19.9 Å². The number of benzene rings is 2. The molecule has 2 aromatic rings. The van der Waals surface area contributed by atoms with Crippen LogP contribution in [0.25, 0.3) is 0 Å². The van der Waals surface area contributed by atoms with Gasteiger partial charge in [-0.25, -0.2) is 9.18 Å². The number of nitriles is 1. The molecule has 0 fully saturated rings. The molecule has 0 saturated carbocycles. The molecule has 0 radical (unpaired) electrons. The van der Waals surface area contributed by atoms with Gasteiger partial charge in [-0.15, -0.1) is 0 Å². The number of esters is 1. The van der Waals surface area contributed by atoms with Crippen LogP contribution in [0.1, 0.15) is 11.5 Å². The molecule has 1 atom stereocenters. The van der Waals surface area contributed by atoms with Gasteiger partial charge in [-0.3, -0.25) is 4.90 Å². The van der Waals surface area contributed by atoms with E-state index in [9.17, 15) is 14.4 Å². The maximum absolute atomic E-state index is 14.6. The topological polar surface area (TPSA) is 97.8 Å². The predicted molar refractivity (Wildman–Crippen MR) is 108 cm³/mol. The van der Waals surface area contributed by atoms with Crippen molar-refractivity contribution in [3.63, 3.8) is 0 Å². The van der Waals surface area contributed by atoms with Gasteiger partial charge in [0.2, 0.25) is 0 Å². The summed E-state index contributed by atoms with van der Waals surface area (Å²) in [6.45, 7) is 0. The first-order valence-corrected chi connectivity index (χ1v) is 8.92. The standard InChI is InChI=1S/C22H20FN3O4/c1-28-13-8-9-18(19(10-13)29-2)26-12-16(22(27)30-3)20(15(11-24)21(26)25)14-6-4-5-7-17(14)23/h4-10,12,20H,25H2,1-3H3. The fourth-order valence-electron chi connectivity index (χ4n) is 3.34. The molecule has 0 aliphatic carbocycles. The summed E-state index contributed by atoms with van der Waals surface area (Å²) in [6.07, 6.45) is 1.43. The highest BCUT2D eigenvalue weighted by molar-refractivity contribution is 5.93. The second kappa shape index (κ2) is 8.57. The highest BCUT2D eigenvalue weighted by Crippen LogP contribution is 2.42. The number of rotatable bonds is 5. The molecule has 0 amide bonds. The van der Waals surface area contributed by atoms with Crippen LogP contribution in [0.15, 0.2) is 65.6 Å². The summed E-state index contributed by atoms with van der Waals surface area (Å²) in [5.74, 6) is -1.28. The first kappa shape index (κ1) is 20.7. The highest BCUT2D eigenvalue weighted by atomic mass is 19.1. The SMILES string of the molecule is COC(=O)C1=CN(c2ccc(OC)cc2OC)C(N)=C(C#N)C1c1ccccc1F. The first-order valence-electron chi connectivity index (χ1n) is 8.92. The number of halogens is 1. The Morgan fingerprint density at radius 2 is 1.90 bits per heavy atom. The monoisotopic (exact) mass is 409 g/mol. The van der Waals surface area contributed by atoms with E-state index in [1.807, 2.05) is 6.07 Å². The van der Waals surface area contributed by atoms with E-state index >= 15 is 0 Å². The molecule has 0 bridgehead atoms. The quantitative estimate of drug-likeness (QED) is 0.757. The van der Waals surface area contributed by atoms with Crippen molar-refractivity contribution in [1.29, 1.82) is 5.26 Å². The second-order valence-corrected chi connectivity index (χ2v) is 6.35. The summed E-state index contributed by atoms with van der Waals surface area (Å²) in [6, 6.07) is 12.9. The Labute approximate surface area is 173 Å². The van der Waals surface area contributed by atoms with Crippen LogP contribution in [0.5, 0.6) is 11.5 Å². The summed E-state index contributed by atoms with van der Waals surface area (Å²) in [5, 5.41) is 9.86. The molecule has 1 aliphatic heterocycles. The van der Waals surface area contributed by atoms with Crippen LogP contribution in [0.2, 0.25) is 0 Å². The zero-order chi connectivity index (χ0) is 21.8. The maximum atomic E-state index is 14.6. The summed E-state index contributed by atoms with van der Waals surface area (Å²) < 4.78 is 30.1. The van der Waals surface area contributed by atoms with E-state index in [0.717, 1.165) is 0 Å². The van der Waals surface area contributed by atoms with Crippen LogP contribution in [0, 0.1) is 17.1 Å². The predicted octanol–water partition coefficient (Wildman–Crippen LogP) is 3.20. The van der Waals surface area contributed by atoms with E-state index in [1.165, 1.54) is 50.6 Å². The third-order valence-corrected chi connectivity index (χ3v) is 4.81. The number of hydrogen-bond donors (Lipinski definition) is 1. The minimum atomic E-state index is -1.01. The molecule has 2 N–H and O–H groups in total. The minimum absolute atomic E-state index is 0.0147. The number of ether oxygens (including phenoxy) is 3. The lowest BCUT2D eigenvalue weighted by Gasteiger charge is -2.32. The van der Waals surface area contributed by atoms with Gasteiger partial charge in [0.05, 0.1) is 50.2 Å². The van der Waals surface area contributed by atoms with Crippen LogP contribution in [-0.2, 0) is 9.53 Å². The smallest absolute Gasteiger partial charge is 0.336 e. The number of nitrogens with two attached hydrogens (primary N) is 1. The van der Waals surface area contributed by atoms with Gasteiger partial charge in [0, 0.05) is 17.8 Å². The number of hydrogen-bond acceptors (Lipinski definition) is 7. The molecule has 30 heavy (non-hydrogen) atoms. The molecule has 1 aliphatic rings. The third-order valence-electron chi connectivity index (χ3n) is 4.81. The van der Waals surface area contributed by atoms with Gasteiger partial charge >= 0.3 is 5.97 Å². The Balaban J connectivity index is 2.25. The van der Waals surface area contributed by atoms with Gasteiger partial charge in [0.1, 0.15) is 23.1 Å². The van der Waals surface area contributed by atoms with Crippen LogP contribution in [-0.4, -0.2) is 27.3 Å². The molecular weight excluding hydrogens is 389 g/mol. The van der Waals surface area contributed by atoms with Gasteiger partial charge in [-0.05, 0) is 18.2 Å². The van der Waals surface area contributed by atoms with Gasteiger partial charge < -0.3 is 19.9 Å². The number of carbonyl (C=O) groups excluding carboxylic acids is 1. The maximum Gasteiger partial charge on any atom is 0.336 e. The highest BCUT2D eigenvalue weighted by Gasteiger charge is 2.37. The van der Waals surface area contributed by atoms with Gasteiger partial charge in [0.25, 0.3) is 0 Å². The zero-order valence-corrected chi connectivity index (χ0v) is 16.7. The first-order chi connectivity index (χ1) is 14.5. The van der Waals surface area contributed by atoms with Crippen molar-refractivity contribution in [2.45, 2.75) is 5.92 Å². The molecule has 1 unspecified atom stereocenters. The normalized spacial score (nSPS) is 15.9. The van der Waals surface area contributed by atoms with E-state index in [2.05, 4.69) is 0 Å². The molecule has 1 heterocycles. The van der Waals surface area contributed by atoms with E-state index < -0.39 is 17.7 Å². The van der Waals surface area contributed by atoms with Crippen molar-refractivity contribution in [2.75, 3.05) is 26.2 Å². The molecule has 2 aromatic carbocycles. The molecule has 8 heteroatoms. The molecule has 0 aromatic heterocycles. The van der Waals surface area contributed by atoms with Crippen molar-refractivity contribution in [3.8, 4) is 17.6 Å². The van der Waals surface area contributed by atoms with E-state index in [-0.39, 0.29) is 22.5 Å². The summed E-state index contributed by atoms with van der Waals surface area (Å²) in [4.78, 5) is 14.0. The number of allylic oxidation sites excluding steroid dienone is 1. The lowest BCUT2D eigenvalue weighted by atomic mass is 9.82. The molecule has 154 valence electrons. The average Bonchev–Trinajstić information content (AvgIpc) is 2.78. The van der Waals surface area contributed by atoms with Gasteiger partial charge in [-0.2, -0.15) is 5.26 Å². The third kappa shape index (κ3) is 3.53. The van der Waals surface area contributed by atoms with Crippen LogP contribution < -0.4 is 20.1 Å². The lowest BCUT2D eigenvalue weighted by molar-refractivity contribution is -0.136. The number of carbonyl (C=O) groups is 1. The van der Waals surface area contributed by atoms with E-state index in [0.29, 0.717) is 17.2 Å². The molecule has 0 spiro atoms. The van der Waals surface area contributed by atoms with Crippen molar-refractivity contribution in [1.82, 2.24) is 0 Å². The minimum Gasteiger partial charge on any atom is -0.497 e. The summed E-state index contributed by atoms with van der Waals surface area (Å²) in [5.41, 5.74) is 7.01. The zero-order valence-electron chi connectivity index (χ0n) is 16.7. The molecule has 3 rings (SSSR count). The molecule has 0 saturated heterocycles. The Morgan fingerprint density at radius 1 is 1.17 bits per heavy atom. The van der Waals surface area contributed by atoms with E-state index in [1.54, 1.807) is 24.3 Å². The lowest BCUT2D eigenvalue weighted by Crippen LogP contribution is -2.33. The van der Waals surface area contributed by atoms with Gasteiger partial charge in [0.15, 0.2) is 0 Å². The van der Waals surface area contributed by atoms with Crippen LogP contribution in [0.4, 0.5) is 10.1 Å². The molecule has 7 nitrogen and oxygen atoms in total. The Hall–Kier alpha value is -3.99. The number of anilines is 1. The van der Waals surface area contributed by atoms with Crippen LogP contribution in [0.3, 0.4) is 0 Å².